The minimum atomic E-state index is -2.99. The fourth-order valence-corrected chi connectivity index (χ4v) is 16.4. The summed E-state index contributed by atoms with van der Waals surface area (Å²) >= 11 is 13.2. The predicted molar refractivity (Wildman–Crippen MR) is 321 cm³/mol. The van der Waals surface area contributed by atoms with Crippen LogP contribution in [0.3, 0.4) is 0 Å². The minimum absolute atomic E-state index is 0.0399. The SMILES string of the molecule is CN(CCN(C)C(=O)Oc1cc2c(c3ccccc13)C(CCl)CN2C(=O)C12CC3(C(=O)N4CC(CCl)c5c4cc(O[P+](=O)O)c4ccccc54)CC13C2)C(=O)OCc1ccccc1SSCC(NC(=O)CCCCCN1C(=O)C=CC1=O)C(=O)O. The van der Waals surface area contributed by atoms with E-state index in [0.29, 0.717) is 79.3 Å². The van der Waals surface area contributed by atoms with E-state index >= 15 is 4.79 Å². The summed E-state index contributed by atoms with van der Waals surface area (Å²) in [6.07, 6.45) is 4.16. The van der Waals surface area contributed by atoms with Crippen molar-refractivity contribution in [3.8, 4) is 11.5 Å². The van der Waals surface area contributed by atoms with Crippen molar-refractivity contribution in [3.63, 3.8) is 0 Å². The fraction of sp³-hybridized carbons (Fsp3) is 0.400. The molecule has 5 aromatic rings. The molecule has 25 heteroatoms. The molecule has 0 saturated heterocycles. The number of carbonyl (C=O) groups excluding carboxylic acids is 7. The lowest BCUT2D eigenvalue weighted by atomic mass is 9.72. The summed E-state index contributed by atoms with van der Waals surface area (Å²) in [5, 5.41) is 15.3. The molecule has 7 atom stereocenters. The number of nitrogens with zero attached hydrogens (tertiary/aromatic N) is 5. The Hall–Kier alpha value is -6.94. The molecular formula is C60H60Cl2N6O14PS2+. The number of ether oxygens (including phenoxy) is 2. The Kier molecular flexibility index (Phi) is 16.9. The lowest BCUT2D eigenvalue weighted by Crippen LogP contribution is -2.49. The summed E-state index contributed by atoms with van der Waals surface area (Å²) in [4.78, 5) is 123. The first-order valence-electron chi connectivity index (χ1n) is 27.8. The van der Waals surface area contributed by atoms with Gasteiger partial charge in [-0.05, 0) is 60.1 Å². The highest BCUT2D eigenvalue weighted by molar-refractivity contribution is 8.76. The Morgan fingerprint density at radius 1 is 0.741 bits per heavy atom. The van der Waals surface area contributed by atoms with Crippen LogP contribution >= 0.6 is 53.0 Å². The lowest BCUT2D eigenvalue weighted by Gasteiger charge is -2.37. The Morgan fingerprint density at radius 3 is 1.85 bits per heavy atom. The van der Waals surface area contributed by atoms with Gasteiger partial charge in [0.2, 0.25) is 17.7 Å². The first-order valence-corrected chi connectivity index (χ1v) is 32.3. The summed E-state index contributed by atoms with van der Waals surface area (Å²) < 4.78 is 29.1. The van der Waals surface area contributed by atoms with Crippen LogP contribution in [-0.4, -0.2) is 143 Å². The molecule has 0 bridgehead atoms. The number of fused-ring (bicyclic) bond motifs is 6. The molecule has 7 amide bonds. The van der Waals surface area contributed by atoms with E-state index in [-0.39, 0.29) is 97.1 Å². The van der Waals surface area contributed by atoms with Gasteiger partial charge in [-0.25, -0.2) is 18.9 Å². The maximum Gasteiger partial charge on any atom is 0.747 e. The van der Waals surface area contributed by atoms with Crippen molar-refractivity contribution >= 4 is 134 Å². The van der Waals surface area contributed by atoms with E-state index in [2.05, 4.69) is 5.32 Å². The Morgan fingerprint density at radius 2 is 1.28 bits per heavy atom. The molecule has 6 aliphatic rings. The molecule has 20 nitrogen and oxygen atoms in total. The first-order chi connectivity index (χ1) is 40.8. The van der Waals surface area contributed by atoms with E-state index in [0.717, 1.165) is 31.7 Å². The second-order valence-electron chi connectivity index (χ2n) is 22.5. The van der Waals surface area contributed by atoms with Crippen LogP contribution in [0, 0.1) is 16.2 Å². The first kappa shape index (κ1) is 59.8. The molecule has 3 saturated carbocycles. The summed E-state index contributed by atoms with van der Waals surface area (Å²) in [5.41, 5.74) is 1.56. The zero-order chi connectivity index (χ0) is 60.1. The second kappa shape index (κ2) is 24.1. The number of unbranched alkanes of at least 4 members (excludes halogenated alkanes) is 2. The highest BCUT2D eigenvalue weighted by Gasteiger charge is 3.01. The quantitative estimate of drug-likeness (QED) is 0.0171. The molecule has 0 radical (unpaired) electrons. The molecule has 3 heterocycles. The number of carbonyl (C=O) groups is 8. The topological polar surface area (TPSA) is 250 Å². The monoisotopic (exact) mass is 1250 g/mol. The molecule has 85 heavy (non-hydrogen) atoms. The van der Waals surface area contributed by atoms with Gasteiger partial charge in [-0.3, -0.25) is 28.9 Å². The van der Waals surface area contributed by atoms with Gasteiger partial charge in [-0.2, -0.15) is 0 Å². The molecule has 444 valence electrons. The largest absolute Gasteiger partial charge is 0.747 e. The molecule has 3 fully saturated rings. The number of benzene rings is 5. The van der Waals surface area contributed by atoms with E-state index < -0.39 is 54.6 Å². The van der Waals surface area contributed by atoms with Gasteiger partial charge in [0.1, 0.15) is 18.4 Å². The second-order valence-corrected chi connectivity index (χ2v) is 26.2. The summed E-state index contributed by atoms with van der Waals surface area (Å²) in [7, 11) is 2.58. The normalized spacial score (nSPS) is 22.5. The van der Waals surface area contributed by atoms with Crippen molar-refractivity contribution in [2.45, 2.75) is 74.3 Å². The van der Waals surface area contributed by atoms with Gasteiger partial charge in [0.05, 0.1) is 22.2 Å². The van der Waals surface area contributed by atoms with Crippen molar-refractivity contribution in [3.05, 3.63) is 114 Å². The van der Waals surface area contributed by atoms with E-state index in [9.17, 15) is 48.1 Å². The van der Waals surface area contributed by atoms with Crippen molar-refractivity contribution in [2.24, 2.45) is 16.2 Å². The number of amides is 7. The molecule has 3 aliphatic heterocycles. The van der Waals surface area contributed by atoms with Crippen molar-refractivity contribution < 1.29 is 66.9 Å². The number of hydrogen-bond donors (Lipinski definition) is 3. The molecule has 3 aliphatic carbocycles. The number of likely N-dealkylation sites (N-methyl/N-ethyl adjacent to an activating group) is 2. The molecule has 1 spiro atoms. The van der Waals surface area contributed by atoms with Gasteiger partial charge in [-0.1, -0.05) is 94.7 Å². The van der Waals surface area contributed by atoms with Crippen LogP contribution in [0.4, 0.5) is 21.0 Å². The highest BCUT2D eigenvalue weighted by atomic mass is 35.5. The van der Waals surface area contributed by atoms with Gasteiger partial charge >= 0.3 is 26.4 Å². The summed E-state index contributed by atoms with van der Waals surface area (Å²) in [5.74, 6) is -2.03. The number of nitrogens with one attached hydrogen (secondary N) is 1. The number of halogens is 2. The number of hydrogen-bond acceptors (Lipinski definition) is 14. The molecular weight excluding hydrogens is 1190 g/mol. The van der Waals surface area contributed by atoms with Crippen LogP contribution in [0.1, 0.15) is 73.5 Å². The Labute approximate surface area is 507 Å². The standard InChI is InChI=1S/C60H59Cl2N6O14PS2/c1-64(56(76)80-30-35-12-5-10-17-47(35)85-84-31-42(53(72)73)63-48(69)18-4-3-11-21-66-49(70)19-20-50(66)71)22-23-65(2)57(77)81-45-24-43-51(40-15-8-6-13-38(40)45)36(26-61)28-67(43)54(74)58-32-59(34-60(58,59)33-58)55(75)68-29-37(27-62)52-41-16-9-7-14-39(41)46(25-44(52)68)82-83(78)79/h5-10,12-17,19-20,24-25,36-37,42H,3-4,11,18,21-23,26-34H2,1-2H3,(H2-,63,69,72,73,78,79)/p+1. The van der Waals surface area contributed by atoms with Gasteiger partial charge in [0.15, 0.2) is 5.75 Å². The average Bonchev–Trinajstić information content (AvgIpc) is 1.40. The molecule has 3 N–H and O–H groups in total. The number of rotatable bonds is 24. The van der Waals surface area contributed by atoms with Gasteiger partial charge in [0.25, 0.3) is 11.8 Å². The molecule has 0 aromatic heterocycles. The average molecular weight is 1260 g/mol. The Balaban J connectivity index is 0.682. The predicted octanol–water partition coefficient (Wildman–Crippen LogP) is 9.72. The van der Waals surface area contributed by atoms with E-state index in [4.69, 9.17) is 37.2 Å². The zero-order valence-electron chi connectivity index (χ0n) is 46.3. The molecule has 5 aromatic carbocycles. The molecule has 11 rings (SSSR count). The number of carboxylic acid groups (broad SMARTS) is 1. The minimum Gasteiger partial charge on any atom is -0.480 e. The third-order valence-electron chi connectivity index (χ3n) is 17.6. The zero-order valence-corrected chi connectivity index (χ0v) is 50.4. The number of imide groups is 1. The number of anilines is 2. The van der Waals surface area contributed by atoms with Crippen LogP contribution in [0.15, 0.2) is 102 Å². The highest BCUT2D eigenvalue weighted by Crippen LogP contribution is 3.01. The van der Waals surface area contributed by atoms with Crippen LogP contribution in [-0.2, 0) is 44.7 Å². The van der Waals surface area contributed by atoms with Crippen LogP contribution in [0.25, 0.3) is 21.5 Å². The van der Waals surface area contributed by atoms with E-state index in [1.807, 2.05) is 48.5 Å². The maximum atomic E-state index is 15.1. The van der Waals surface area contributed by atoms with E-state index in [1.165, 1.54) is 50.6 Å². The van der Waals surface area contributed by atoms with Crippen LogP contribution in [0.2, 0.25) is 0 Å². The van der Waals surface area contributed by atoms with Gasteiger partial charge in [0, 0.05) is 138 Å². The van der Waals surface area contributed by atoms with Crippen molar-refractivity contribution in [1.29, 1.82) is 0 Å². The van der Waals surface area contributed by atoms with Crippen LogP contribution in [0.5, 0.6) is 11.5 Å². The summed E-state index contributed by atoms with van der Waals surface area (Å²) in [6.45, 7) is 0.910. The van der Waals surface area contributed by atoms with Crippen molar-refractivity contribution in [2.75, 3.05) is 74.1 Å². The number of carboxylic acids is 1. The van der Waals surface area contributed by atoms with E-state index in [1.54, 1.807) is 53.2 Å². The number of aliphatic carboxylic acids is 1. The third-order valence-corrected chi connectivity index (χ3v) is 21.2. The molecule has 7 unspecified atom stereocenters. The summed E-state index contributed by atoms with van der Waals surface area (Å²) in [6, 6.07) is 24.2. The Bertz CT molecular complexity index is 3650. The lowest BCUT2D eigenvalue weighted by molar-refractivity contribution is -0.141. The van der Waals surface area contributed by atoms with Crippen molar-refractivity contribution in [1.82, 2.24) is 20.0 Å². The van der Waals surface area contributed by atoms with Gasteiger partial charge in [-0.15, -0.1) is 28.1 Å². The fourth-order valence-electron chi connectivity index (χ4n) is 13.2. The third kappa shape index (κ3) is 11.0. The van der Waals surface area contributed by atoms with Gasteiger partial charge < -0.3 is 39.5 Å². The smallest absolute Gasteiger partial charge is 0.480 e. The maximum absolute atomic E-state index is 15.1. The van der Waals surface area contributed by atoms with Crippen LogP contribution < -0.4 is 24.4 Å². The number of alkyl halides is 2.